The molecule has 1 aromatic rings. The zero-order valence-corrected chi connectivity index (χ0v) is 18.6. The number of amides is 1. The zero-order valence-electron chi connectivity index (χ0n) is 17.7. The molecule has 0 unspecified atom stereocenters. The average molecular weight is 479 g/mol. The number of carbonyl (C=O) groups is 4. The van der Waals surface area contributed by atoms with E-state index in [2.05, 4.69) is 10.1 Å². The highest BCUT2D eigenvalue weighted by atomic mass is 32.2. The van der Waals surface area contributed by atoms with Crippen molar-refractivity contribution in [1.29, 1.82) is 0 Å². The molecule has 0 saturated heterocycles. The number of hydrogen-bond acceptors (Lipinski definition) is 8. The first-order chi connectivity index (χ1) is 15.0. The molecule has 178 valence electrons. The fraction of sp³-hybridized carbons (Fsp3) is 0.500. The molecule has 1 amide bonds. The van der Waals surface area contributed by atoms with Crippen molar-refractivity contribution in [3.63, 3.8) is 0 Å². The van der Waals surface area contributed by atoms with Crippen LogP contribution < -0.4 is 5.32 Å². The van der Waals surface area contributed by atoms with Gasteiger partial charge in [0.2, 0.25) is 11.4 Å². The molecule has 0 heterocycles. The van der Waals surface area contributed by atoms with Gasteiger partial charge in [-0.05, 0) is 44.4 Å². The Morgan fingerprint density at radius 2 is 1.44 bits per heavy atom. The van der Waals surface area contributed by atoms with E-state index < -0.39 is 41.5 Å². The molecule has 0 bridgehead atoms. The first kappa shape index (κ1) is 27.3. The van der Waals surface area contributed by atoms with E-state index in [1.807, 2.05) is 0 Å². The molecular weight excluding hydrogens is 455 g/mol. The number of halogens is 3. The SMILES string of the molecule is CCOC(=O)C(CCc1ccc(SCOC(=O)C(F)(F)F)cc1)(NC(C)=O)C(=O)OCC. The molecule has 0 aromatic heterocycles. The Morgan fingerprint density at radius 1 is 0.906 bits per heavy atom. The minimum atomic E-state index is -5.05. The van der Waals surface area contributed by atoms with Crippen LogP contribution in [0.4, 0.5) is 13.2 Å². The number of alkyl halides is 3. The van der Waals surface area contributed by atoms with Crippen molar-refractivity contribution in [2.24, 2.45) is 0 Å². The van der Waals surface area contributed by atoms with Crippen LogP contribution in [0.3, 0.4) is 0 Å². The van der Waals surface area contributed by atoms with Crippen LogP contribution in [-0.4, -0.2) is 54.7 Å². The second kappa shape index (κ2) is 12.3. The topological polar surface area (TPSA) is 108 Å². The molecule has 32 heavy (non-hydrogen) atoms. The summed E-state index contributed by atoms with van der Waals surface area (Å²) in [7, 11) is 0. The Bertz CT molecular complexity index is 794. The summed E-state index contributed by atoms with van der Waals surface area (Å²) in [5, 5.41) is 2.36. The summed E-state index contributed by atoms with van der Waals surface area (Å²) >= 11 is 0.880. The lowest BCUT2D eigenvalue weighted by molar-refractivity contribution is -0.197. The largest absolute Gasteiger partial charge is 0.490 e. The van der Waals surface area contributed by atoms with E-state index in [1.165, 1.54) is 0 Å². The molecule has 1 N–H and O–H groups in total. The smallest absolute Gasteiger partial charge is 0.464 e. The highest BCUT2D eigenvalue weighted by Gasteiger charge is 2.49. The summed E-state index contributed by atoms with van der Waals surface area (Å²) in [5.74, 6) is -5.28. The van der Waals surface area contributed by atoms with Crippen molar-refractivity contribution < 1.29 is 46.6 Å². The molecule has 12 heteroatoms. The van der Waals surface area contributed by atoms with Crippen molar-refractivity contribution in [2.75, 3.05) is 19.2 Å². The van der Waals surface area contributed by atoms with Gasteiger partial charge < -0.3 is 19.5 Å². The number of nitrogens with one attached hydrogen (secondary N) is 1. The van der Waals surface area contributed by atoms with Crippen LogP contribution in [0.15, 0.2) is 29.2 Å². The van der Waals surface area contributed by atoms with Gasteiger partial charge in [0.15, 0.2) is 0 Å². The number of rotatable bonds is 11. The molecular formula is C20H24F3NO7S. The Morgan fingerprint density at radius 3 is 1.88 bits per heavy atom. The van der Waals surface area contributed by atoms with Gasteiger partial charge in [0, 0.05) is 11.8 Å². The van der Waals surface area contributed by atoms with Crippen LogP contribution >= 0.6 is 11.8 Å². The molecule has 8 nitrogen and oxygen atoms in total. The Labute approximate surface area is 187 Å². The number of ether oxygens (including phenoxy) is 3. The maximum atomic E-state index is 12.6. The van der Waals surface area contributed by atoms with Gasteiger partial charge in [-0.3, -0.25) is 4.79 Å². The number of esters is 3. The summed E-state index contributed by atoms with van der Waals surface area (Å²) < 4.78 is 50.5. The highest BCUT2D eigenvalue weighted by molar-refractivity contribution is 7.99. The van der Waals surface area contributed by atoms with E-state index in [4.69, 9.17) is 9.47 Å². The van der Waals surface area contributed by atoms with Gasteiger partial charge in [0.05, 0.1) is 13.2 Å². The van der Waals surface area contributed by atoms with E-state index in [1.54, 1.807) is 38.1 Å². The molecule has 0 aliphatic carbocycles. The second-order valence-electron chi connectivity index (χ2n) is 6.36. The highest BCUT2D eigenvalue weighted by Crippen LogP contribution is 2.24. The third-order valence-electron chi connectivity index (χ3n) is 4.00. The van der Waals surface area contributed by atoms with Crippen molar-refractivity contribution in [3.8, 4) is 0 Å². The average Bonchev–Trinajstić information content (AvgIpc) is 2.71. The predicted molar refractivity (Wildman–Crippen MR) is 107 cm³/mol. The zero-order chi connectivity index (χ0) is 24.4. The van der Waals surface area contributed by atoms with E-state index in [0.717, 1.165) is 18.7 Å². The minimum absolute atomic E-state index is 0.00952. The molecule has 0 spiro atoms. The first-order valence-electron chi connectivity index (χ1n) is 9.55. The lowest BCUT2D eigenvalue weighted by atomic mass is 9.90. The lowest BCUT2D eigenvalue weighted by Gasteiger charge is -2.29. The quantitative estimate of drug-likeness (QED) is 0.170. The standard InChI is InChI=1S/C20H24F3NO7S/c1-4-29-16(26)19(24-13(3)25,17(27)30-5-2)11-10-14-6-8-15(9-7-14)32-12-31-18(28)20(21,22)23/h6-9H,4-5,10-12H2,1-3H3,(H,24,25). The van der Waals surface area contributed by atoms with Crippen LogP contribution in [0.2, 0.25) is 0 Å². The predicted octanol–water partition coefficient (Wildman–Crippen LogP) is 2.78. The molecule has 0 aliphatic heterocycles. The molecule has 0 fully saturated rings. The number of benzene rings is 1. The molecule has 0 radical (unpaired) electrons. The van der Waals surface area contributed by atoms with Gasteiger partial charge in [-0.2, -0.15) is 13.2 Å². The van der Waals surface area contributed by atoms with Crippen molar-refractivity contribution in [3.05, 3.63) is 29.8 Å². The Hall–Kier alpha value is -2.76. The summed E-state index contributed by atoms with van der Waals surface area (Å²) in [6, 6.07) is 6.41. The van der Waals surface area contributed by atoms with Gasteiger partial charge in [0.1, 0.15) is 5.94 Å². The Balaban J connectivity index is 2.88. The van der Waals surface area contributed by atoms with E-state index >= 15 is 0 Å². The summed E-state index contributed by atoms with van der Waals surface area (Å²) in [6.07, 6.45) is -5.02. The fourth-order valence-corrected chi connectivity index (χ4v) is 3.21. The van der Waals surface area contributed by atoms with Crippen LogP contribution in [0.25, 0.3) is 0 Å². The molecule has 1 rings (SSSR count). The van der Waals surface area contributed by atoms with Crippen molar-refractivity contribution in [1.82, 2.24) is 5.32 Å². The molecule has 0 saturated carbocycles. The van der Waals surface area contributed by atoms with Crippen molar-refractivity contribution >= 4 is 35.6 Å². The third kappa shape index (κ3) is 8.06. The van der Waals surface area contributed by atoms with Gasteiger partial charge in [-0.25, -0.2) is 14.4 Å². The maximum absolute atomic E-state index is 12.6. The normalized spacial score (nSPS) is 11.4. The maximum Gasteiger partial charge on any atom is 0.490 e. The number of hydrogen-bond donors (Lipinski definition) is 1. The summed E-state index contributed by atoms with van der Waals surface area (Å²) in [5.41, 5.74) is -1.35. The van der Waals surface area contributed by atoms with E-state index in [-0.39, 0.29) is 26.1 Å². The van der Waals surface area contributed by atoms with E-state index in [9.17, 15) is 32.3 Å². The Kier molecular flexibility index (Phi) is 10.5. The lowest BCUT2D eigenvalue weighted by Crippen LogP contribution is -2.61. The van der Waals surface area contributed by atoms with Crippen LogP contribution in [0.5, 0.6) is 0 Å². The van der Waals surface area contributed by atoms with Crippen LogP contribution in [0.1, 0.15) is 32.8 Å². The number of aryl methyl sites for hydroxylation is 1. The first-order valence-corrected chi connectivity index (χ1v) is 10.5. The van der Waals surface area contributed by atoms with Gasteiger partial charge in [-0.15, -0.1) is 0 Å². The number of carbonyl (C=O) groups excluding carboxylic acids is 4. The van der Waals surface area contributed by atoms with Crippen LogP contribution in [-0.2, 0) is 39.8 Å². The fourth-order valence-electron chi connectivity index (χ4n) is 2.58. The third-order valence-corrected chi connectivity index (χ3v) is 4.84. The number of thioether (sulfide) groups is 1. The molecule has 0 aliphatic rings. The molecule has 0 atom stereocenters. The minimum Gasteiger partial charge on any atom is -0.464 e. The van der Waals surface area contributed by atoms with Gasteiger partial charge in [0.25, 0.3) is 0 Å². The molecule has 1 aromatic carbocycles. The van der Waals surface area contributed by atoms with Crippen molar-refractivity contribution in [2.45, 2.75) is 50.2 Å². The van der Waals surface area contributed by atoms with Gasteiger partial charge in [-0.1, -0.05) is 23.9 Å². The van der Waals surface area contributed by atoms with E-state index in [0.29, 0.717) is 10.5 Å². The summed E-state index contributed by atoms with van der Waals surface area (Å²) in [4.78, 5) is 48.1. The summed E-state index contributed by atoms with van der Waals surface area (Å²) in [6.45, 7) is 4.26. The van der Waals surface area contributed by atoms with Gasteiger partial charge >= 0.3 is 24.1 Å². The monoisotopic (exact) mass is 479 g/mol. The second-order valence-corrected chi connectivity index (χ2v) is 7.36. The van der Waals surface area contributed by atoms with Crippen LogP contribution in [0, 0.1) is 0 Å².